The number of nitrogens with zero attached hydrogens (tertiary/aromatic N) is 1. The molecule has 0 aliphatic carbocycles. The second-order valence-corrected chi connectivity index (χ2v) is 14.7. The Morgan fingerprint density at radius 1 is 0.917 bits per heavy atom. The molecule has 3 aromatic rings. The smallest absolute Gasteiger partial charge is 0.414 e. The van der Waals surface area contributed by atoms with Gasteiger partial charge in [-0.15, -0.1) is 0 Å². The molecule has 0 unspecified atom stereocenters. The molecule has 0 saturated carbocycles. The number of rotatable bonds is 5. The molecule has 2 N–H and O–H groups in total. The Morgan fingerprint density at radius 2 is 1.44 bits per heavy atom. The third-order valence-electron chi connectivity index (χ3n) is 6.11. The fourth-order valence-corrected chi connectivity index (χ4v) is 9.61. The lowest BCUT2D eigenvalue weighted by molar-refractivity contribution is -0.159. The molecule has 36 heavy (non-hydrogen) atoms. The Labute approximate surface area is 220 Å². The van der Waals surface area contributed by atoms with Gasteiger partial charge in [-0.1, -0.05) is 109 Å². The second-order valence-electron chi connectivity index (χ2n) is 9.53. The minimum absolute atomic E-state index is 0.0213. The maximum Gasteiger partial charge on any atom is 0.414 e. The standard InChI is InChI=1S/C26H28BrNOSi.C2H2O4/c1-26(2,3)30(22-12-6-4-7-13-22,23-14-8-5-9-15-23)29-19-21-17-24-20(18-28-21)11-10-16-25(24)27;3-1(4)2(5)6/h4-16,18,21H,17,19H2,1-3H3;(H,3,4)(H,5,6)/t21-;/m1./s1. The van der Waals surface area contributed by atoms with Gasteiger partial charge in [0.25, 0.3) is 8.32 Å². The molecule has 0 bridgehead atoms. The summed E-state index contributed by atoms with van der Waals surface area (Å²) in [5.41, 5.74) is 2.52. The maximum atomic E-state index is 9.10. The molecular weight excluding hydrogens is 538 g/mol. The van der Waals surface area contributed by atoms with E-state index in [1.165, 1.54) is 21.5 Å². The first-order valence-electron chi connectivity index (χ1n) is 11.6. The van der Waals surface area contributed by atoms with E-state index in [0.29, 0.717) is 6.61 Å². The van der Waals surface area contributed by atoms with E-state index in [4.69, 9.17) is 29.2 Å². The highest BCUT2D eigenvalue weighted by Crippen LogP contribution is 2.37. The van der Waals surface area contributed by atoms with Crippen molar-refractivity contribution in [2.75, 3.05) is 6.61 Å². The summed E-state index contributed by atoms with van der Waals surface area (Å²) in [6, 6.07) is 28.0. The van der Waals surface area contributed by atoms with Crippen molar-refractivity contribution in [2.45, 2.75) is 38.3 Å². The zero-order valence-electron chi connectivity index (χ0n) is 20.5. The van der Waals surface area contributed by atoms with Crippen molar-refractivity contribution < 1.29 is 24.2 Å². The van der Waals surface area contributed by atoms with E-state index < -0.39 is 20.3 Å². The van der Waals surface area contributed by atoms with E-state index in [0.717, 1.165) is 10.9 Å². The molecule has 1 aliphatic rings. The molecule has 1 atom stereocenters. The van der Waals surface area contributed by atoms with Crippen LogP contribution in [0.15, 0.2) is 88.3 Å². The summed E-state index contributed by atoms with van der Waals surface area (Å²) in [5.74, 6) is -3.65. The van der Waals surface area contributed by atoms with Crippen LogP contribution in [-0.4, -0.2) is 49.3 Å². The summed E-state index contributed by atoms with van der Waals surface area (Å²) in [5, 5.41) is 17.4. The van der Waals surface area contributed by atoms with Crippen LogP contribution in [0.25, 0.3) is 0 Å². The first-order chi connectivity index (χ1) is 17.1. The van der Waals surface area contributed by atoms with Crippen molar-refractivity contribution >= 4 is 52.8 Å². The van der Waals surface area contributed by atoms with Gasteiger partial charge in [-0.3, -0.25) is 4.99 Å². The first kappa shape index (κ1) is 27.5. The Kier molecular flexibility index (Phi) is 9.00. The lowest BCUT2D eigenvalue weighted by Gasteiger charge is -2.43. The summed E-state index contributed by atoms with van der Waals surface area (Å²) < 4.78 is 8.22. The predicted molar refractivity (Wildman–Crippen MR) is 148 cm³/mol. The van der Waals surface area contributed by atoms with Crippen molar-refractivity contribution in [3.63, 3.8) is 0 Å². The van der Waals surface area contributed by atoms with Gasteiger partial charge < -0.3 is 14.6 Å². The number of aliphatic imine (C=N–C) groups is 1. The minimum Gasteiger partial charge on any atom is -0.473 e. The monoisotopic (exact) mass is 567 g/mol. The molecule has 1 heterocycles. The van der Waals surface area contributed by atoms with Crippen LogP contribution in [-0.2, 0) is 20.4 Å². The highest BCUT2D eigenvalue weighted by molar-refractivity contribution is 9.10. The molecular formula is C28H30BrNO5Si. The zero-order valence-corrected chi connectivity index (χ0v) is 23.1. The van der Waals surface area contributed by atoms with Crippen molar-refractivity contribution in [3.05, 3.63) is 94.5 Å². The van der Waals surface area contributed by atoms with E-state index in [9.17, 15) is 0 Å². The van der Waals surface area contributed by atoms with Crippen LogP contribution in [0.3, 0.4) is 0 Å². The van der Waals surface area contributed by atoms with Crippen LogP contribution >= 0.6 is 15.9 Å². The first-order valence-corrected chi connectivity index (χ1v) is 14.3. The second kappa shape index (κ2) is 11.8. The molecule has 4 rings (SSSR count). The molecule has 0 fully saturated rings. The number of hydrogen-bond acceptors (Lipinski definition) is 4. The summed E-state index contributed by atoms with van der Waals surface area (Å²) in [4.78, 5) is 23.0. The summed E-state index contributed by atoms with van der Waals surface area (Å²) >= 11 is 3.71. The van der Waals surface area contributed by atoms with Gasteiger partial charge in [0.2, 0.25) is 0 Å². The molecule has 0 spiro atoms. The van der Waals surface area contributed by atoms with E-state index in [-0.39, 0.29) is 11.1 Å². The minimum atomic E-state index is -2.52. The van der Waals surface area contributed by atoms with Crippen LogP contribution < -0.4 is 10.4 Å². The van der Waals surface area contributed by atoms with Crippen molar-refractivity contribution in [1.82, 2.24) is 0 Å². The van der Waals surface area contributed by atoms with Gasteiger partial charge in [-0.25, -0.2) is 9.59 Å². The number of fused-ring (bicyclic) bond motifs is 1. The number of hydrogen-bond donors (Lipinski definition) is 2. The van der Waals surface area contributed by atoms with E-state index in [2.05, 4.69) is 116 Å². The van der Waals surface area contributed by atoms with Gasteiger partial charge in [0.1, 0.15) is 0 Å². The molecule has 1 aliphatic heterocycles. The lowest BCUT2D eigenvalue weighted by atomic mass is 9.99. The Bertz CT molecular complexity index is 1170. The largest absolute Gasteiger partial charge is 0.473 e. The zero-order chi connectivity index (χ0) is 26.3. The van der Waals surface area contributed by atoms with Crippen LogP contribution in [0.4, 0.5) is 0 Å². The molecule has 188 valence electrons. The molecule has 0 saturated heterocycles. The van der Waals surface area contributed by atoms with Crippen molar-refractivity contribution in [1.29, 1.82) is 0 Å². The van der Waals surface area contributed by atoms with Gasteiger partial charge in [0.05, 0.1) is 12.6 Å². The van der Waals surface area contributed by atoms with Crippen LogP contribution in [0.1, 0.15) is 31.9 Å². The Morgan fingerprint density at radius 3 is 1.92 bits per heavy atom. The highest BCUT2D eigenvalue weighted by atomic mass is 79.9. The third kappa shape index (κ3) is 6.18. The molecule has 0 radical (unpaired) electrons. The number of carboxylic acid groups (broad SMARTS) is 2. The average molecular weight is 569 g/mol. The van der Waals surface area contributed by atoms with Gasteiger partial charge in [-0.2, -0.15) is 0 Å². The fourth-order valence-electron chi connectivity index (χ4n) is 4.47. The molecule has 0 aromatic heterocycles. The fraction of sp³-hybridized carbons (Fsp3) is 0.250. The van der Waals surface area contributed by atoms with E-state index in [1.807, 2.05) is 6.21 Å². The predicted octanol–water partition coefficient (Wildman–Crippen LogP) is 4.52. The summed E-state index contributed by atoms with van der Waals surface area (Å²) in [7, 11) is -2.52. The average Bonchev–Trinajstić information content (AvgIpc) is 2.86. The summed E-state index contributed by atoms with van der Waals surface area (Å²) in [6.07, 6.45) is 2.90. The van der Waals surface area contributed by atoms with Gasteiger partial charge in [0.15, 0.2) is 0 Å². The van der Waals surface area contributed by atoms with Crippen LogP contribution in [0.2, 0.25) is 5.04 Å². The number of carboxylic acids is 2. The third-order valence-corrected chi connectivity index (χ3v) is 11.9. The number of halogens is 1. The van der Waals surface area contributed by atoms with Gasteiger partial charge >= 0.3 is 11.9 Å². The maximum absolute atomic E-state index is 9.10. The Hall–Kier alpha value is -3.07. The number of carbonyl (C=O) groups is 2. The van der Waals surface area contributed by atoms with E-state index >= 15 is 0 Å². The lowest BCUT2D eigenvalue weighted by Crippen LogP contribution is -2.67. The SMILES string of the molecule is CC(C)(C)[Si](OC[C@H]1Cc2c(Br)cccc2C=N1)(c1ccccc1)c1ccccc1.O=C(O)C(=O)O. The number of benzene rings is 3. The Balaban J connectivity index is 0.000000538. The van der Waals surface area contributed by atoms with Crippen LogP contribution in [0, 0.1) is 0 Å². The van der Waals surface area contributed by atoms with Gasteiger partial charge in [-0.05, 0) is 39.0 Å². The van der Waals surface area contributed by atoms with Crippen molar-refractivity contribution in [2.24, 2.45) is 4.99 Å². The van der Waals surface area contributed by atoms with Crippen molar-refractivity contribution in [3.8, 4) is 0 Å². The molecule has 3 aromatic carbocycles. The number of aliphatic carboxylic acids is 2. The molecule has 8 heteroatoms. The quantitative estimate of drug-likeness (QED) is 0.349. The van der Waals surface area contributed by atoms with Crippen LogP contribution in [0.5, 0.6) is 0 Å². The van der Waals surface area contributed by atoms with E-state index in [1.54, 1.807) is 0 Å². The molecule has 0 amide bonds. The van der Waals surface area contributed by atoms with Gasteiger partial charge in [0, 0.05) is 10.7 Å². The summed E-state index contributed by atoms with van der Waals surface area (Å²) in [6.45, 7) is 7.56. The normalized spacial score (nSPS) is 14.8. The topological polar surface area (TPSA) is 96.2 Å². The highest BCUT2D eigenvalue weighted by Gasteiger charge is 2.50. The molecule has 6 nitrogen and oxygen atoms in total.